The average Bonchev–Trinajstić information content (AvgIpc) is 2.25. The molecule has 0 radical (unpaired) electrons. The molecule has 1 fully saturated rings. The van der Waals surface area contributed by atoms with Crippen molar-refractivity contribution in [2.45, 2.75) is 58.1 Å². The summed E-state index contributed by atoms with van der Waals surface area (Å²) in [4.78, 5) is 2.23. The van der Waals surface area contributed by atoms with Gasteiger partial charge < -0.3 is 5.32 Å². The van der Waals surface area contributed by atoms with E-state index < -0.39 is 5.51 Å². The van der Waals surface area contributed by atoms with Gasteiger partial charge in [-0.15, -0.1) is 0 Å². The number of hydrogen-bond donors (Lipinski definition) is 1. The van der Waals surface area contributed by atoms with Crippen LogP contribution in [0.25, 0.3) is 0 Å². The zero-order valence-corrected chi connectivity index (χ0v) is 13.9. The van der Waals surface area contributed by atoms with Gasteiger partial charge in [-0.2, -0.15) is 13.2 Å². The Bertz CT molecular complexity index is 315. The van der Waals surface area contributed by atoms with E-state index in [4.69, 9.17) is 0 Å². The molecular formula is C14H27F3N2S. The average molecular weight is 312 g/mol. The molecule has 1 N–H and O–H groups in total. The van der Waals surface area contributed by atoms with Gasteiger partial charge in [0.15, 0.2) is 0 Å². The lowest BCUT2D eigenvalue weighted by molar-refractivity contribution is -0.0331. The summed E-state index contributed by atoms with van der Waals surface area (Å²) in [5.41, 5.74) is -4.06. The van der Waals surface area contributed by atoms with Crippen LogP contribution in [0.4, 0.5) is 13.2 Å². The summed E-state index contributed by atoms with van der Waals surface area (Å²) in [5, 5.41) is 3.57. The highest BCUT2D eigenvalue weighted by Gasteiger charge is 2.40. The van der Waals surface area contributed by atoms with Gasteiger partial charge in [0.2, 0.25) is 0 Å². The summed E-state index contributed by atoms with van der Waals surface area (Å²) >= 11 is 0.0856. The fourth-order valence-corrected chi connectivity index (χ4v) is 3.25. The molecule has 0 aromatic rings. The molecule has 6 heteroatoms. The summed E-state index contributed by atoms with van der Waals surface area (Å²) in [6, 6.07) is 0.274. The molecule has 0 spiro atoms. The first-order valence-corrected chi connectivity index (χ1v) is 8.15. The van der Waals surface area contributed by atoms with E-state index in [0.717, 1.165) is 19.5 Å². The van der Waals surface area contributed by atoms with Crippen molar-refractivity contribution < 1.29 is 13.2 Å². The monoisotopic (exact) mass is 312 g/mol. The van der Waals surface area contributed by atoms with E-state index in [-0.39, 0.29) is 34.5 Å². The maximum absolute atomic E-state index is 12.3. The molecular weight excluding hydrogens is 285 g/mol. The number of thioether (sulfide) groups is 1. The first-order valence-electron chi connectivity index (χ1n) is 7.17. The van der Waals surface area contributed by atoms with Crippen molar-refractivity contribution in [1.29, 1.82) is 0 Å². The molecule has 0 amide bonds. The number of nitrogens with zero attached hydrogens (tertiary/aromatic N) is 1. The van der Waals surface area contributed by atoms with Gasteiger partial charge in [-0.25, -0.2) is 0 Å². The van der Waals surface area contributed by atoms with Gasteiger partial charge >= 0.3 is 5.51 Å². The topological polar surface area (TPSA) is 15.3 Å². The van der Waals surface area contributed by atoms with Crippen LogP contribution in [0.15, 0.2) is 0 Å². The van der Waals surface area contributed by atoms with E-state index in [1.807, 2.05) is 0 Å². The normalized spacial score (nSPS) is 29.7. The van der Waals surface area contributed by atoms with Crippen LogP contribution in [0.5, 0.6) is 0 Å². The van der Waals surface area contributed by atoms with Gasteiger partial charge in [0, 0.05) is 37.0 Å². The molecule has 20 heavy (non-hydrogen) atoms. The third-order valence-corrected chi connectivity index (χ3v) is 4.85. The van der Waals surface area contributed by atoms with Crippen LogP contribution in [0.3, 0.4) is 0 Å². The number of rotatable bonds is 4. The molecule has 0 aromatic carbocycles. The summed E-state index contributed by atoms with van der Waals surface area (Å²) in [5.74, 6) is 0.107. The number of nitrogens with one attached hydrogen (secondary N) is 1. The van der Waals surface area contributed by atoms with Gasteiger partial charge in [-0.3, -0.25) is 4.90 Å². The Kier molecular flexibility index (Phi) is 5.83. The van der Waals surface area contributed by atoms with Crippen LogP contribution in [0, 0.1) is 5.41 Å². The lowest BCUT2D eigenvalue weighted by Crippen LogP contribution is -2.65. The molecule has 2 nitrogen and oxygen atoms in total. The second-order valence-corrected chi connectivity index (χ2v) is 8.10. The van der Waals surface area contributed by atoms with Crippen molar-refractivity contribution in [3.63, 3.8) is 0 Å². The highest BCUT2D eigenvalue weighted by molar-refractivity contribution is 8.00. The molecule has 120 valence electrons. The molecule has 1 heterocycles. The summed E-state index contributed by atoms with van der Waals surface area (Å²) < 4.78 is 36.9. The Hall–Kier alpha value is 0.0600. The van der Waals surface area contributed by atoms with Gasteiger partial charge in [-0.1, -0.05) is 27.7 Å². The van der Waals surface area contributed by atoms with E-state index in [1.54, 1.807) is 0 Å². The zero-order valence-electron chi connectivity index (χ0n) is 13.1. The smallest absolute Gasteiger partial charge is 0.309 e. The quantitative estimate of drug-likeness (QED) is 0.851. The fraction of sp³-hybridized carbons (Fsp3) is 1.00. The Balaban J connectivity index is 2.68. The van der Waals surface area contributed by atoms with Gasteiger partial charge in [0.1, 0.15) is 0 Å². The van der Waals surface area contributed by atoms with E-state index in [0.29, 0.717) is 6.54 Å². The number of piperazine rings is 1. The Morgan fingerprint density at radius 3 is 2.35 bits per heavy atom. The molecule has 1 aliphatic heterocycles. The third-order valence-electron chi connectivity index (χ3n) is 4.14. The largest absolute Gasteiger partial charge is 0.441 e. The maximum atomic E-state index is 12.3. The van der Waals surface area contributed by atoms with E-state index in [2.05, 4.69) is 44.8 Å². The van der Waals surface area contributed by atoms with Crippen LogP contribution in [-0.4, -0.2) is 47.4 Å². The second kappa shape index (κ2) is 6.44. The molecule has 2 unspecified atom stereocenters. The number of halogens is 3. The summed E-state index contributed by atoms with van der Waals surface area (Å²) in [6.07, 6.45) is 0.979. The summed E-state index contributed by atoms with van der Waals surface area (Å²) in [7, 11) is 0. The minimum atomic E-state index is -4.13. The predicted octanol–water partition coefficient (Wildman–Crippen LogP) is 3.73. The Labute approximate surface area is 124 Å². The van der Waals surface area contributed by atoms with Crippen molar-refractivity contribution in [2.24, 2.45) is 5.41 Å². The minimum Gasteiger partial charge on any atom is -0.309 e. The molecule has 1 saturated heterocycles. The molecule has 0 bridgehead atoms. The first kappa shape index (κ1) is 18.1. The van der Waals surface area contributed by atoms with Crippen molar-refractivity contribution in [2.75, 3.05) is 25.4 Å². The number of alkyl halides is 3. The lowest BCUT2D eigenvalue weighted by atomic mass is 9.81. The van der Waals surface area contributed by atoms with E-state index >= 15 is 0 Å². The lowest BCUT2D eigenvalue weighted by Gasteiger charge is -2.50. The molecule has 2 atom stereocenters. The summed E-state index contributed by atoms with van der Waals surface area (Å²) in [6.45, 7) is 12.9. The van der Waals surface area contributed by atoms with Crippen LogP contribution in [-0.2, 0) is 0 Å². The standard InChI is InChI=1S/C14H27F3N2S/c1-6-13(5)10-19(7-8-20-14(15,16)17)11(9-18-13)12(2,3)4/h11,18H,6-10H2,1-5H3. The Morgan fingerprint density at radius 1 is 1.30 bits per heavy atom. The van der Waals surface area contributed by atoms with E-state index in [9.17, 15) is 13.2 Å². The van der Waals surface area contributed by atoms with E-state index in [1.165, 1.54) is 0 Å². The predicted molar refractivity (Wildman–Crippen MR) is 80.0 cm³/mol. The number of hydrogen-bond acceptors (Lipinski definition) is 3. The van der Waals surface area contributed by atoms with Crippen molar-refractivity contribution >= 4 is 11.8 Å². The maximum Gasteiger partial charge on any atom is 0.441 e. The Morgan fingerprint density at radius 2 is 1.90 bits per heavy atom. The minimum absolute atomic E-state index is 0.00461. The first-order chi connectivity index (χ1) is 8.97. The van der Waals surface area contributed by atoms with Crippen molar-refractivity contribution in [3.8, 4) is 0 Å². The van der Waals surface area contributed by atoms with Crippen LogP contribution in [0.2, 0.25) is 0 Å². The van der Waals surface area contributed by atoms with Crippen LogP contribution < -0.4 is 5.32 Å². The molecule has 0 saturated carbocycles. The van der Waals surface area contributed by atoms with Gasteiger partial charge in [0.05, 0.1) is 0 Å². The van der Waals surface area contributed by atoms with Crippen LogP contribution >= 0.6 is 11.8 Å². The zero-order chi connectivity index (χ0) is 15.6. The van der Waals surface area contributed by atoms with Crippen LogP contribution in [0.1, 0.15) is 41.0 Å². The SMILES string of the molecule is CCC1(C)CN(CCSC(F)(F)F)C(C(C)(C)C)CN1. The fourth-order valence-electron chi connectivity index (χ4n) is 2.69. The van der Waals surface area contributed by atoms with Crippen molar-refractivity contribution in [1.82, 2.24) is 10.2 Å². The highest BCUT2D eigenvalue weighted by Crippen LogP contribution is 2.33. The van der Waals surface area contributed by atoms with Gasteiger partial charge in [0.25, 0.3) is 0 Å². The second-order valence-electron chi connectivity index (χ2n) is 6.94. The third kappa shape index (κ3) is 5.45. The van der Waals surface area contributed by atoms with Gasteiger partial charge in [-0.05, 0) is 30.5 Å². The molecule has 0 aliphatic carbocycles. The molecule has 1 aliphatic rings. The molecule has 0 aromatic heterocycles. The highest BCUT2D eigenvalue weighted by atomic mass is 32.2. The molecule has 1 rings (SSSR count). The van der Waals surface area contributed by atoms with Crippen molar-refractivity contribution in [3.05, 3.63) is 0 Å².